The van der Waals surface area contributed by atoms with Gasteiger partial charge in [0.25, 0.3) is 0 Å². The van der Waals surface area contributed by atoms with Crippen molar-refractivity contribution in [3.05, 3.63) is 82.0 Å². The summed E-state index contributed by atoms with van der Waals surface area (Å²) in [5.74, 6) is 0.463. The van der Waals surface area contributed by atoms with Crippen LogP contribution >= 0.6 is 11.6 Å². The van der Waals surface area contributed by atoms with Gasteiger partial charge in [-0.3, -0.25) is 4.68 Å². The fourth-order valence-corrected chi connectivity index (χ4v) is 6.96. The van der Waals surface area contributed by atoms with Gasteiger partial charge in [-0.25, -0.2) is 4.39 Å². The van der Waals surface area contributed by atoms with E-state index in [1.807, 2.05) is 42.9 Å². The minimum Gasteiger partial charge on any atom is -0.493 e. The maximum atomic E-state index is 13.8. The number of aliphatic hydroxyl groups is 1. The summed E-state index contributed by atoms with van der Waals surface area (Å²) in [4.78, 5) is 0. The van der Waals surface area contributed by atoms with Crippen LogP contribution in [0.15, 0.2) is 48.5 Å². The van der Waals surface area contributed by atoms with Crippen molar-refractivity contribution < 1.29 is 19.0 Å². The van der Waals surface area contributed by atoms with Crippen LogP contribution < -0.4 is 10.1 Å². The number of halogens is 2. The normalized spacial score (nSPS) is 14.5. The van der Waals surface area contributed by atoms with E-state index in [1.54, 1.807) is 6.07 Å². The van der Waals surface area contributed by atoms with Gasteiger partial charge in [-0.2, -0.15) is 5.10 Å². The van der Waals surface area contributed by atoms with Gasteiger partial charge in [0.1, 0.15) is 11.6 Å². The third-order valence-corrected chi connectivity index (χ3v) is 8.93. The quantitative estimate of drug-likeness (QED) is 0.132. The van der Waals surface area contributed by atoms with Crippen LogP contribution in [0.4, 0.5) is 4.39 Å². The highest BCUT2D eigenvalue weighted by Crippen LogP contribution is 2.44. The Kier molecular flexibility index (Phi) is 9.23. The number of nitrogens with one attached hydrogen (secondary N) is 1. The lowest BCUT2D eigenvalue weighted by molar-refractivity contribution is -0.103. The number of hydrogen-bond acceptors (Lipinski definition) is 5. The molecule has 0 fully saturated rings. The van der Waals surface area contributed by atoms with E-state index < -0.39 is 6.29 Å². The molecule has 9 heteroatoms. The summed E-state index contributed by atoms with van der Waals surface area (Å²) in [6.45, 7) is 7.15. The molecular weight excluding hydrogens is 579 g/mol. The number of ether oxygens (including phenoxy) is 2. The van der Waals surface area contributed by atoms with Crippen LogP contribution in [-0.4, -0.2) is 39.2 Å². The first-order valence-corrected chi connectivity index (χ1v) is 16.0. The number of aliphatic hydroxyl groups excluding tert-OH is 1. The number of rotatable bonds is 9. The van der Waals surface area contributed by atoms with Gasteiger partial charge in [0.2, 0.25) is 0 Å². The molecule has 232 valence electrons. The van der Waals surface area contributed by atoms with Gasteiger partial charge in [-0.1, -0.05) is 36.7 Å². The van der Waals surface area contributed by atoms with Crippen molar-refractivity contribution in [2.24, 2.45) is 7.05 Å². The number of aryl methyl sites for hydroxylation is 3. The summed E-state index contributed by atoms with van der Waals surface area (Å²) in [6.07, 6.45) is 3.04. The Bertz CT molecular complexity index is 1800. The lowest BCUT2D eigenvalue weighted by Gasteiger charge is -2.19. The average molecular weight is 619 g/mol. The van der Waals surface area contributed by atoms with Crippen LogP contribution in [0.2, 0.25) is 5.02 Å². The molecule has 1 atom stereocenters. The predicted molar refractivity (Wildman–Crippen MR) is 174 cm³/mol. The summed E-state index contributed by atoms with van der Waals surface area (Å²) in [5.41, 5.74) is 6.97. The summed E-state index contributed by atoms with van der Waals surface area (Å²) in [5, 5.41) is 23.3. The van der Waals surface area contributed by atoms with E-state index >= 15 is 0 Å². The van der Waals surface area contributed by atoms with Crippen LogP contribution in [0.5, 0.6) is 5.75 Å². The Morgan fingerprint density at radius 3 is 2.75 bits per heavy atom. The maximum Gasteiger partial charge on any atom is 0.196 e. The molecular formula is C35H40ClFN4O3. The molecule has 0 saturated carbocycles. The minimum atomic E-state index is -1.08. The van der Waals surface area contributed by atoms with Crippen LogP contribution in [0.3, 0.4) is 0 Å². The Morgan fingerprint density at radius 2 is 1.93 bits per heavy atom. The van der Waals surface area contributed by atoms with Gasteiger partial charge >= 0.3 is 0 Å². The fraction of sp³-hybridized carbons (Fsp3) is 0.400. The van der Waals surface area contributed by atoms with Crippen molar-refractivity contribution in [3.63, 3.8) is 0 Å². The number of aromatic nitrogens is 3. The topological polar surface area (TPSA) is 73.5 Å². The molecule has 2 aromatic heterocycles. The molecule has 1 aliphatic rings. The summed E-state index contributed by atoms with van der Waals surface area (Å²) in [6, 6.07) is 14.5. The highest BCUT2D eigenvalue weighted by atomic mass is 35.5. The SMILES string of the molecule is CCOC(O)c1c(CCCOc2cccc3cc(F)ccc23)c2ccc(Cl)c3c2n1CCCCNCc1nn(C)c(CC)c1-3. The summed E-state index contributed by atoms with van der Waals surface area (Å²) >= 11 is 7.08. The zero-order valence-electron chi connectivity index (χ0n) is 25.6. The van der Waals surface area contributed by atoms with E-state index in [2.05, 4.69) is 22.9 Å². The lowest BCUT2D eigenvalue weighted by Crippen LogP contribution is -2.16. The van der Waals surface area contributed by atoms with Crippen molar-refractivity contribution in [1.82, 2.24) is 19.7 Å². The van der Waals surface area contributed by atoms with E-state index in [4.69, 9.17) is 26.2 Å². The monoisotopic (exact) mass is 618 g/mol. The van der Waals surface area contributed by atoms with Gasteiger partial charge in [0.05, 0.1) is 28.5 Å². The van der Waals surface area contributed by atoms with Gasteiger partial charge in [0, 0.05) is 54.3 Å². The summed E-state index contributed by atoms with van der Waals surface area (Å²) in [7, 11) is 1.99. The van der Waals surface area contributed by atoms with Gasteiger partial charge < -0.3 is 24.5 Å². The molecule has 44 heavy (non-hydrogen) atoms. The van der Waals surface area contributed by atoms with Crippen molar-refractivity contribution >= 4 is 33.3 Å². The van der Waals surface area contributed by atoms with E-state index in [1.165, 1.54) is 12.1 Å². The molecule has 1 unspecified atom stereocenters. The first-order chi connectivity index (χ1) is 21.4. The maximum absolute atomic E-state index is 13.8. The number of benzene rings is 3. The number of nitrogens with zero attached hydrogens (tertiary/aromatic N) is 3. The molecule has 7 nitrogen and oxygen atoms in total. The van der Waals surface area contributed by atoms with Gasteiger partial charge in [-0.15, -0.1) is 0 Å². The second-order valence-electron chi connectivity index (χ2n) is 11.3. The van der Waals surface area contributed by atoms with Crippen molar-refractivity contribution in [3.8, 4) is 16.9 Å². The Morgan fingerprint density at radius 1 is 1.09 bits per heavy atom. The third-order valence-electron chi connectivity index (χ3n) is 8.61. The van der Waals surface area contributed by atoms with E-state index in [-0.39, 0.29) is 5.82 Å². The molecule has 0 saturated heterocycles. The van der Waals surface area contributed by atoms with Crippen molar-refractivity contribution in [2.75, 3.05) is 19.8 Å². The second kappa shape index (κ2) is 13.3. The third kappa shape index (κ3) is 5.72. The van der Waals surface area contributed by atoms with Crippen LogP contribution in [0.25, 0.3) is 32.8 Å². The van der Waals surface area contributed by atoms with Crippen molar-refractivity contribution in [2.45, 2.75) is 65.3 Å². The Hall–Kier alpha value is -3.43. The molecule has 0 radical (unpaired) electrons. The second-order valence-corrected chi connectivity index (χ2v) is 11.8. The molecule has 5 aromatic rings. The molecule has 3 heterocycles. The van der Waals surface area contributed by atoms with E-state index in [0.29, 0.717) is 37.6 Å². The molecule has 0 bridgehead atoms. The average Bonchev–Trinajstić information content (AvgIpc) is 3.48. The molecule has 0 amide bonds. The van der Waals surface area contributed by atoms with Gasteiger partial charge in [0.15, 0.2) is 6.29 Å². The first-order valence-electron chi connectivity index (χ1n) is 15.6. The van der Waals surface area contributed by atoms with E-state index in [9.17, 15) is 9.50 Å². The number of hydrogen-bond donors (Lipinski definition) is 2. The molecule has 1 aliphatic heterocycles. The smallest absolute Gasteiger partial charge is 0.196 e. The minimum absolute atomic E-state index is 0.266. The highest BCUT2D eigenvalue weighted by Gasteiger charge is 2.29. The lowest BCUT2D eigenvalue weighted by atomic mass is 9.97. The van der Waals surface area contributed by atoms with E-state index in [0.717, 1.165) is 93.5 Å². The zero-order valence-corrected chi connectivity index (χ0v) is 26.4. The molecule has 2 N–H and O–H groups in total. The fourth-order valence-electron chi connectivity index (χ4n) is 6.71. The Labute approximate surface area is 262 Å². The van der Waals surface area contributed by atoms with Crippen LogP contribution in [0, 0.1) is 5.82 Å². The molecule has 3 aromatic carbocycles. The first kappa shape index (κ1) is 30.6. The molecule has 0 spiro atoms. The highest BCUT2D eigenvalue weighted by molar-refractivity contribution is 6.35. The summed E-state index contributed by atoms with van der Waals surface area (Å²) < 4.78 is 30.1. The number of fused-ring (bicyclic) bond motifs is 3. The largest absolute Gasteiger partial charge is 0.493 e. The molecule has 6 rings (SSSR count). The van der Waals surface area contributed by atoms with Crippen LogP contribution in [0.1, 0.15) is 62.0 Å². The van der Waals surface area contributed by atoms with Crippen LogP contribution in [-0.2, 0) is 37.7 Å². The zero-order chi connectivity index (χ0) is 30.8. The standard InChI is InChI=1S/C35H40ClFN4O3/c1-4-29-32-28(39-40(29)3)21-38-17-6-7-18-41-33-26(15-16-27(36)31(32)33)25(34(41)35(42)43-5-2)11-9-19-44-30-12-8-10-22-20-23(37)13-14-24(22)30/h8,10,12-16,20,35,38,42H,4-7,9,11,17-19,21H2,1-3H3. The van der Waals surface area contributed by atoms with Crippen molar-refractivity contribution in [1.29, 1.82) is 0 Å². The molecule has 0 aliphatic carbocycles. The van der Waals surface area contributed by atoms with Gasteiger partial charge in [-0.05, 0) is 86.9 Å². The predicted octanol–water partition coefficient (Wildman–Crippen LogP) is 7.47. The Balaban J connectivity index is 1.44.